The Hall–Kier alpha value is -1.06. The van der Waals surface area contributed by atoms with Crippen molar-refractivity contribution >= 4 is 0 Å². The third-order valence-electron chi connectivity index (χ3n) is 4.37. The van der Waals surface area contributed by atoms with Crippen LogP contribution >= 0.6 is 0 Å². The van der Waals surface area contributed by atoms with Gasteiger partial charge < -0.3 is 10.1 Å². The smallest absolute Gasteiger partial charge is 0.119 e. The molecule has 106 valence electrons. The summed E-state index contributed by atoms with van der Waals surface area (Å²) in [5.74, 6) is 0.967. The summed E-state index contributed by atoms with van der Waals surface area (Å²) < 4.78 is 5.33. The number of nitrogens with one attached hydrogen (secondary N) is 1. The van der Waals surface area contributed by atoms with E-state index >= 15 is 0 Å². The molecule has 0 fully saturated rings. The molecule has 2 unspecified atom stereocenters. The van der Waals surface area contributed by atoms with Crippen molar-refractivity contribution in [3.63, 3.8) is 0 Å². The summed E-state index contributed by atoms with van der Waals surface area (Å²) in [6, 6.07) is 7.52. The molecule has 3 heteroatoms. The van der Waals surface area contributed by atoms with Gasteiger partial charge in [-0.15, -0.1) is 0 Å². The highest BCUT2D eigenvalue weighted by Gasteiger charge is 2.31. The molecule has 0 heterocycles. The molecule has 0 saturated carbocycles. The van der Waals surface area contributed by atoms with Crippen molar-refractivity contribution < 1.29 is 4.74 Å². The summed E-state index contributed by atoms with van der Waals surface area (Å²) in [6.07, 6.45) is 2.36. The van der Waals surface area contributed by atoms with Gasteiger partial charge in [0.1, 0.15) is 5.75 Å². The first kappa shape index (κ1) is 14.4. The maximum Gasteiger partial charge on any atom is 0.119 e. The highest BCUT2D eigenvalue weighted by Crippen LogP contribution is 2.34. The maximum atomic E-state index is 5.33. The van der Waals surface area contributed by atoms with Crippen molar-refractivity contribution in [3.05, 3.63) is 29.3 Å². The van der Waals surface area contributed by atoms with E-state index < -0.39 is 0 Å². The van der Waals surface area contributed by atoms with Crippen molar-refractivity contribution in [1.29, 1.82) is 0 Å². The number of aryl methyl sites for hydroxylation is 1. The molecule has 1 aromatic carbocycles. The normalized spacial score (nSPS) is 22.4. The number of fused-ring (bicyclic) bond motifs is 1. The van der Waals surface area contributed by atoms with Crippen molar-refractivity contribution in [3.8, 4) is 5.75 Å². The van der Waals surface area contributed by atoms with Crippen molar-refractivity contribution in [2.45, 2.75) is 38.8 Å². The second kappa shape index (κ2) is 6.40. The maximum absolute atomic E-state index is 5.33. The van der Waals surface area contributed by atoms with Gasteiger partial charge >= 0.3 is 0 Å². The number of nitrogens with zero attached hydrogens (tertiary/aromatic N) is 1. The Labute approximate surface area is 116 Å². The molecule has 3 nitrogen and oxygen atoms in total. The summed E-state index contributed by atoms with van der Waals surface area (Å²) in [5.41, 5.74) is 2.87. The first-order valence-corrected chi connectivity index (χ1v) is 7.33. The van der Waals surface area contributed by atoms with Gasteiger partial charge in [-0.2, -0.15) is 0 Å². The van der Waals surface area contributed by atoms with Crippen molar-refractivity contribution in [2.75, 3.05) is 27.2 Å². The van der Waals surface area contributed by atoms with Crippen LogP contribution in [0.15, 0.2) is 18.2 Å². The number of benzene rings is 1. The van der Waals surface area contributed by atoms with Gasteiger partial charge in [0.05, 0.1) is 7.11 Å². The lowest BCUT2D eigenvalue weighted by atomic mass is 9.83. The largest absolute Gasteiger partial charge is 0.497 e. The van der Waals surface area contributed by atoms with Gasteiger partial charge in [0, 0.05) is 12.1 Å². The average molecular weight is 262 g/mol. The predicted molar refractivity (Wildman–Crippen MR) is 79.8 cm³/mol. The van der Waals surface area contributed by atoms with Crippen molar-refractivity contribution in [2.24, 2.45) is 0 Å². The van der Waals surface area contributed by atoms with Gasteiger partial charge in [0.15, 0.2) is 0 Å². The summed E-state index contributed by atoms with van der Waals surface area (Å²) in [5, 5.41) is 3.51. The van der Waals surface area contributed by atoms with E-state index in [0.29, 0.717) is 12.1 Å². The van der Waals surface area contributed by atoms with Gasteiger partial charge in [-0.1, -0.05) is 19.9 Å². The van der Waals surface area contributed by atoms with Crippen LogP contribution in [0.1, 0.15) is 37.4 Å². The Bertz CT molecular complexity index is 415. The molecule has 2 rings (SSSR count). The highest BCUT2D eigenvalue weighted by atomic mass is 16.5. The lowest BCUT2D eigenvalue weighted by Gasteiger charge is -2.40. The molecule has 2 atom stereocenters. The number of likely N-dealkylation sites (N-methyl/N-ethyl adjacent to an activating group) is 2. The molecule has 0 spiro atoms. The zero-order valence-corrected chi connectivity index (χ0v) is 12.6. The van der Waals surface area contributed by atoms with E-state index in [0.717, 1.165) is 25.3 Å². The second-order valence-electron chi connectivity index (χ2n) is 5.16. The molecule has 1 aliphatic carbocycles. The van der Waals surface area contributed by atoms with E-state index in [1.54, 1.807) is 7.11 Å². The second-order valence-corrected chi connectivity index (χ2v) is 5.16. The molecule has 0 amide bonds. The minimum absolute atomic E-state index is 0.426. The molecule has 1 N–H and O–H groups in total. The Morgan fingerprint density at radius 3 is 2.63 bits per heavy atom. The Morgan fingerprint density at radius 1 is 1.32 bits per heavy atom. The van der Waals surface area contributed by atoms with Crippen LogP contribution in [0.5, 0.6) is 5.75 Å². The topological polar surface area (TPSA) is 24.5 Å². The van der Waals surface area contributed by atoms with E-state index in [-0.39, 0.29) is 0 Å². The third kappa shape index (κ3) is 2.77. The lowest BCUT2D eigenvalue weighted by Crippen LogP contribution is -2.46. The van der Waals surface area contributed by atoms with E-state index in [1.165, 1.54) is 17.5 Å². The highest BCUT2D eigenvalue weighted by molar-refractivity contribution is 5.40. The first-order chi connectivity index (χ1) is 9.24. The fourth-order valence-electron chi connectivity index (χ4n) is 3.34. The SMILES string of the molecule is CCN(CC)C1CCc2cc(OC)ccc2C1NC. The van der Waals surface area contributed by atoms with Crippen LogP contribution < -0.4 is 10.1 Å². The molecular weight excluding hydrogens is 236 g/mol. The van der Waals surface area contributed by atoms with Crippen LogP contribution in [0.4, 0.5) is 0 Å². The van der Waals surface area contributed by atoms with Gasteiger partial charge in [0.2, 0.25) is 0 Å². The quantitative estimate of drug-likeness (QED) is 0.883. The van der Waals surface area contributed by atoms with E-state index in [1.807, 2.05) is 0 Å². The molecule has 0 aromatic heterocycles. The van der Waals surface area contributed by atoms with Crippen LogP contribution in [-0.4, -0.2) is 38.2 Å². The number of hydrogen-bond acceptors (Lipinski definition) is 3. The molecular formula is C16H26N2O. The number of methoxy groups -OCH3 is 1. The summed E-state index contributed by atoms with van der Waals surface area (Å²) in [7, 11) is 3.80. The molecule has 1 aliphatic rings. The van der Waals surface area contributed by atoms with E-state index in [4.69, 9.17) is 4.74 Å². The minimum Gasteiger partial charge on any atom is -0.497 e. The van der Waals surface area contributed by atoms with Crippen LogP contribution in [0.2, 0.25) is 0 Å². The number of ether oxygens (including phenoxy) is 1. The van der Waals surface area contributed by atoms with Crippen LogP contribution in [0.25, 0.3) is 0 Å². The monoisotopic (exact) mass is 262 g/mol. The van der Waals surface area contributed by atoms with Gasteiger partial charge in [-0.05, 0) is 56.2 Å². The number of hydrogen-bond donors (Lipinski definition) is 1. The lowest BCUT2D eigenvalue weighted by molar-refractivity contribution is 0.158. The van der Waals surface area contributed by atoms with Gasteiger partial charge in [0.25, 0.3) is 0 Å². The molecule has 19 heavy (non-hydrogen) atoms. The van der Waals surface area contributed by atoms with Crippen molar-refractivity contribution in [1.82, 2.24) is 10.2 Å². The molecule has 0 bridgehead atoms. The zero-order valence-electron chi connectivity index (χ0n) is 12.6. The first-order valence-electron chi connectivity index (χ1n) is 7.33. The Balaban J connectivity index is 2.31. The fraction of sp³-hybridized carbons (Fsp3) is 0.625. The molecule has 0 saturated heterocycles. The Kier molecular flexibility index (Phi) is 4.83. The Morgan fingerprint density at radius 2 is 2.05 bits per heavy atom. The fourth-order valence-corrected chi connectivity index (χ4v) is 3.34. The zero-order chi connectivity index (χ0) is 13.8. The molecule has 0 aliphatic heterocycles. The van der Waals surface area contributed by atoms with Crippen LogP contribution in [-0.2, 0) is 6.42 Å². The summed E-state index contributed by atoms with van der Waals surface area (Å²) in [6.45, 7) is 6.73. The summed E-state index contributed by atoms with van der Waals surface area (Å²) >= 11 is 0. The van der Waals surface area contributed by atoms with Gasteiger partial charge in [-0.25, -0.2) is 0 Å². The summed E-state index contributed by atoms with van der Waals surface area (Å²) in [4.78, 5) is 2.56. The third-order valence-corrected chi connectivity index (χ3v) is 4.37. The standard InChI is InChI=1S/C16H26N2O/c1-5-18(6-2)15-10-7-12-11-13(19-4)8-9-14(12)16(15)17-3/h8-9,11,15-17H,5-7,10H2,1-4H3. The minimum atomic E-state index is 0.426. The average Bonchev–Trinajstić information content (AvgIpc) is 2.47. The molecule has 0 radical (unpaired) electrons. The molecule has 1 aromatic rings. The van der Waals surface area contributed by atoms with E-state index in [9.17, 15) is 0 Å². The number of rotatable bonds is 5. The van der Waals surface area contributed by atoms with Gasteiger partial charge in [-0.3, -0.25) is 4.90 Å². The van der Waals surface area contributed by atoms with Crippen LogP contribution in [0, 0.1) is 0 Å². The van der Waals surface area contributed by atoms with Crippen LogP contribution in [0.3, 0.4) is 0 Å². The van der Waals surface area contributed by atoms with E-state index in [2.05, 4.69) is 49.3 Å². The predicted octanol–water partition coefficient (Wildman–Crippen LogP) is 2.61.